The van der Waals surface area contributed by atoms with Crippen molar-refractivity contribution >= 4 is 5.96 Å². The Balaban J connectivity index is 1.49. The van der Waals surface area contributed by atoms with Gasteiger partial charge >= 0.3 is 0 Å². The third kappa shape index (κ3) is 5.24. The number of hydrogen-bond donors (Lipinski definition) is 2. The Morgan fingerprint density at radius 3 is 2.65 bits per heavy atom. The first kappa shape index (κ1) is 17.8. The molecule has 0 radical (unpaired) electrons. The third-order valence-electron chi connectivity index (χ3n) is 4.00. The molecule has 0 fully saturated rings. The second-order valence-electron chi connectivity index (χ2n) is 5.99. The summed E-state index contributed by atoms with van der Waals surface area (Å²) in [5.74, 6) is 0.857. The first-order chi connectivity index (χ1) is 12.8. The number of aliphatic imine (C=N–C) groups is 1. The van der Waals surface area contributed by atoms with E-state index in [1.165, 1.54) is 5.56 Å². The molecule has 6 heteroatoms. The normalized spacial score (nSPS) is 11.5. The highest BCUT2D eigenvalue weighted by molar-refractivity contribution is 5.79. The van der Waals surface area contributed by atoms with Gasteiger partial charge < -0.3 is 15.2 Å². The van der Waals surface area contributed by atoms with Crippen molar-refractivity contribution < 1.29 is 0 Å². The van der Waals surface area contributed by atoms with E-state index in [4.69, 9.17) is 0 Å². The summed E-state index contributed by atoms with van der Waals surface area (Å²) >= 11 is 0. The van der Waals surface area contributed by atoms with Gasteiger partial charge in [-0.3, -0.25) is 4.99 Å². The summed E-state index contributed by atoms with van der Waals surface area (Å²) in [5.41, 5.74) is 2.25. The van der Waals surface area contributed by atoms with E-state index in [-0.39, 0.29) is 0 Å². The zero-order chi connectivity index (χ0) is 18.0. The maximum atomic E-state index is 4.66. The molecule has 0 amide bonds. The van der Waals surface area contributed by atoms with Crippen LogP contribution in [0.15, 0.2) is 72.2 Å². The average molecular weight is 350 g/mol. The van der Waals surface area contributed by atoms with E-state index in [9.17, 15) is 0 Å². The Morgan fingerprint density at radius 1 is 1.08 bits per heavy atom. The number of nitrogens with zero attached hydrogens (tertiary/aromatic N) is 4. The molecule has 2 N–H and O–H groups in total. The van der Waals surface area contributed by atoms with Crippen LogP contribution in [-0.4, -0.2) is 39.9 Å². The predicted molar refractivity (Wildman–Crippen MR) is 106 cm³/mol. The van der Waals surface area contributed by atoms with E-state index < -0.39 is 0 Å². The Hall–Kier alpha value is -3.02. The first-order valence-corrected chi connectivity index (χ1v) is 9.07. The molecule has 0 aliphatic carbocycles. The van der Waals surface area contributed by atoms with E-state index in [2.05, 4.69) is 50.8 Å². The van der Waals surface area contributed by atoms with Crippen LogP contribution < -0.4 is 10.6 Å². The maximum absolute atomic E-state index is 4.66. The summed E-state index contributed by atoms with van der Waals surface area (Å²) in [6.45, 7) is 5.40. The molecule has 0 aliphatic rings. The Morgan fingerprint density at radius 2 is 1.88 bits per heavy atom. The molecule has 136 valence electrons. The molecule has 0 aliphatic heterocycles. The topological polar surface area (TPSA) is 59.2 Å². The largest absolute Gasteiger partial charge is 0.357 e. The van der Waals surface area contributed by atoms with E-state index >= 15 is 0 Å². The molecule has 0 saturated heterocycles. The summed E-state index contributed by atoms with van der Waals surface area (Å²) in [4.78, 5) is 4.66. The standard InChI is InChI=1S/C20H26N6/c1-2-21-20(23-12-15-25-13-6-7-14-25)22-11-10-18-16-24-26(17-18)19-8-4-3-5-9-19/h3-9,13-14,16-17H,2,10-12,15H2,1H3,(H2,21,22,23). The Labute approximate surface area is 154 Å². The molecule has 26 heavy (non-hydrogen) atoms. The lowest BCUT2D eigenvalue weighted by Gasteiger charge is -2.11. The first-order valence-electron chi connectivity index (χ1n) is 9.07. The van der Waals surface area contributed by atoms with Crippen molar-refractivity contribution in [3.63, 3.8) is 0 Å². The molecule has 1 aromatic carbocycles. The fourth-order valence-electron chi connectivity index (χ4n) is 2.67. The molecule has 0 unspecified atom stereocenters. The molecule has 3 rings (SSSR count). The Bertz CT molecular complexity index is 789. The second kappa shape index (κ2) is 9.46. The summed E-state index contributed by atoms with van der Waals surface area (Å²) in [5, 5.41) is 11.1. The second-order valence-corrected chi connectivity index (χ2v) is 5.99. The minimum Gasteiger partial charge on any atom is -0.357 e. The van der Waals surface area contributed by atoms with Crippen LogP contribution in [-0.2, 0) is 13.0 Å². The molecule has 0 spiro atoms. The summed E-state index contributed by atoms with van der Waals surface area (Å²) in [7, 11) is 0. The molecule has 0 bridgehead atoms. The van der Waals surface area contributed by atoms with Crippen molar-refractivity contribution in [2.24, 2.45) is 4.99 Å². The monoisotopic (exact) mass is 350 g/mol. The van der Waals surface area contributed by atoms with Crippen LogP contribution in [0.5, 0.6) is 0 Å². The van der Waals surface area contributed by atoms with Gasteiger partial charge in [-0.2, -0.15) is 5.10 Å². The highest BCUT2D eigenvalue weighted by Crippen LogP contribution is 2.08. The van der Waals surface area contributed by atoms with Crippen LogP contribution in [0.3, 0.4) is 0 Å². The molecular weight excluding hydrogens is 324 g/mol. The SMILES string of the molecule is CCNC(=NCCc1cnn(-c2ccccc2)c1)NCCn1cccc1. The molecule has 3 aromatic rings. The van der Waals surface area contributed by atoms with Crippen LogP contribution in [0.1, 0.15) is 12.5 Å². The van der Waals surface area contributed by atoms with Gasteiger partial charge in [0.2, 0.25) is 0 Å². The van der Waals surface area contributed by atoms with Crippen LogP contribution in [0.2, 0.25) is 0 Å². The number of rotatable bonds is 8. The highest BCUT2D eigenvalue weighted by atomic mass is 15.3. The highest BCUT2D eigenvalue weighted by Gasteiger charge is 2.01. The summed E-state index contributed by atoms with van der Waals surface area (Å²) in [6, 6.07) is 14.2. The molecule has 0 saturated carbocycles. The molecular formula is C20H26N6. The zero-order valence-corrected chi connectivity index (χ0v) is 15.2. The predicted octanol–water partition coefficient (Wildman–Crippen LogP) is 2.47. The van der Waals surface area contributed by atoms with Gasteiger partial charge in [0.05, 0.1) is 11.9 Å². The lowest BCUT2D eigenvalue weighted by Crippen LogP contribution is -2.39. The van der Waals surface area contributed by atoms with E-state index in [1.807, 2.05) is 53.3 Å². The lowest BCUT2D eigenvalue weighted by atomic mass is 10.2. The van der Waals surface area contributed by atoms with Gasteiger partial charge in [-0.1, -0.05) is 18.2 Å². The van der Waals surface area contributed by atoms with Crippen molar-refractivity contribution in [3.05, 3.63) is 72.8 Å². The van der Waals surface area contributed by atoms with E-state index in [0.717, 1.165) is 44.2 Å². The number of nitrogens with one attached hydrogen (secondary N) is 2. The number of hydrogen-bond acceptors (Lipinski definition) is 2. The van der Waals surface area contributed by atoms with Crippen molar-refractivity contribution in [3.8, 4) is 5.69 Å². The molecule has 2 aromatic heterocycles. The van der Waals surface area contributed by atoms with Gasteiger partial charge in [0, 0.05) is 44.8 Å². The fourth-order valence-corrected chi connectivity index (χ4v) is 2.67. The molecule has 6 nitrogen and oxygen atoms in total. The summed E-state index contributed by atoms with van der Waals surface area (Å²) in [6.07, 6.45) is 8.97. The zero-order valence-electron chi connectivity index (χ0n) is 15.2. The van der Waals surface area contributed by atoms with Crippen molar-refractivity contribution in [2.75, 3.05) is 19.6 Å². The van der Waals surface area contributed by atoms with Gasteiger partial charge in [0.25, 0.3) is 0 Å². The number of guanidine groups is 1. The van der Waals surface area contributed by atoms with Crippen LogP contribution in [0, 0.1) is 0 Å². The van der Waals surface area contributed by atoms with Gasteiger partial charge in [-0.25, -0.2) is 4.68 Å². The van der Waals surface area contributed by atoms with E-state index in [1.54, 1.807) is 0 Å². The van der Waals surface area contributed by atoms with Gasteiger partial charge in [0.1, 0.15) is 0 Å². The number of para-hydroxylation sites is 1. The van der Waals surface area contributed by atoms with Crippen molar-refractivity contribution in [2.45, 2.75) is 19.9 Å². The molecule has 0 atom stereocenters. The van der Waals surface area contributed by atoms with Gasteiger partial charge in [-0.05, 0) is 43.2 Å². The minimum absolute atomic E-state index is 0.722. The van der Waals surface area contributed by atoms with Crippen molar-refractivity contribution in [1.29, 1.82) is 0 Å². The van der Waals surface area contributed by atoms with Crippen LogP contribution in [0.25, 0.3) is 5.69 Å². The van der Waals surface area contributed by atoms with E-state index in [0.29, 0.717) is 0 Å². The quantitative estimate of drug-likeness (QED) is 0.485. The van der Waals surface area contributed by atoms with Gasteiger partial charge in [0.15, 0.2) is 5.96 Å². The fraction of sp³-hybridized carbons (Fsp3) is 0.300. The smallest absolute Gasteiger partial charge is 0.191 e. The maximum Gasteiger partial charge on any atom is 0.191 e. The Kier molecular flexibility index (Phi) is 6.47. The minimum atomic E-state index is 0.722. The average Bonchev–Trinajstić information content (AvgIpc) is 3.34. The summed E-state index contributed by atoms with van der Waals surface area (Å²) < 4.78 is 4.05. The molecule has 2 heterocycles. The third-order valence-corrected chi connectivity index (χ3v) is 4.00. The van der Waals surface area contributed by atoms with Crippen LogP contribution in [0.4, 0.5) is 0 Å². The van der Waals surface area contributed by atoms with Crippen LogP contribution >= 0.6 is 0 Å². The van der Waals surface area contributed by atoms with Crippen molar-refractivity contribution in [1.82, 2.24) is 25.0 Å². The van der Waals surface area contributed by atoms with Gasteiger partial charge in [-0.15, -0.1) is 0 Å². The number of aromatic nitrogens is 3. The lowest BCUT2D eigenvalue weighted by molar-refractivity contribution is 0.665. The number of benzene rings is 1.